The van der Waals surface area contributed by atoms with Gasteiger partial charge in [0.25, 0.3) is 0 Å². The number of aliphatic hydroxyl groups excluding tert-OH is 2. The van der Waals surface area contributed by atoms with E-state index in [-0.39, 0.29) is 30.5 Å². The molecule has 148 valence electrons. The quantitative estimate of drug-likeness (QED) is 0.409. The molecule has 1 fully saturated rings. The largest absolute Gasteiger partial charge is 0.481 e. The van der Waals surface area contributed by atoms with E-state index >= 15 is 0 Å². The fraction of sp³-hybridized carbons (Fsp3) is 0.545. The number of unbranched alkanes of at least 4 members (excludes halogenated alkanes) is 3. The van der Waals surface area contributed by atoms with Crippen LogP contribution in [0.2, 0.25) is 0 Å². The van der Waals surface area contributed by atoms with E-state index in [9.17, 15) is 19.8 Å². The van der Waals surface area contributed by atoms with Crippen molar-refractivity contribution in [3.05, 3.63) is 48.0 Å². The van der Waals surface area contributed by atoms with E-state index in [2.05, 4.69) is 0 Å². The summed E-state index contributed by atoms with van der Waals surface area (Å²) in [5.41, 5.74) is 1.04. The Morgan fingerprint density at radius 3 is 2.56 bits per heavy atom. The zero-order valence-electron chi connectivity index (χ0n) is 15.7. The summed E-state index contributed by atoms with van der Waals surface area (Å²) >= 11 is 0. The molecule has 0 bridgehead atoms. The lowest BCUT2D eigenvalue weighted by Gasteiger charge is -2.18. The van der Waals surface area contributed by atoms with Gasteiger partial charge in [0, 0.05) is 31.1 Å². The highest BCUT2D eigenvalue weighted by atomic mass is 16.4. The summed E-state index contributed by atoms with van der Waals surface area (Å²) in [6, 6.07) is 9.70. The molecule has 0 saturated heterocycles. The number of rotatable bonds is 11. The van der Waals surface area contributed by atoms with Crippen LogP contribution in [0.15, 0.2) is 42.5 Å². The maximum Gasteiger partial charge on any atom is 0.303 e. The first-order valence-electron chi connectivity index (χ1n) is 9.80. The van der Waals surface area contributed by atoms with E-state index in [1.165, 1.54) is 0 Å². The van der Waals surface area contributed by atoms with E-state index in [0.29, 0.717) is 19.3 Å². The summed E-state index contributed by atoms with van der Waals surface area (Å²) in [5.74, 6) is -1.15. The van der Waals surface area contributed by atoms with Crippen LogP contribution in [0.25, 0.3) is 0 Å². The van der Waals surface area contributed by atoms with Gasteiger partial charge in [-0.15, -0.1) is 0 Å². The average Bonchev–Trinajstić information content (AvgIpc) is 2.89. The highest BCUT2D eigenvalue weighted by molar-refractivity contribution is 5.84. The molecule has 0 amide bonds. The second-order valence-electron chi connectivity index (χ2n) is 7.41. The first-order valence-corrected chi connectivity index (χ1v) is 9.80. The molecule has 0 spiro atoms. The predicted molar refractivity (Wildman–Crippen MR) is 103 cm³/mol. The normalized spacial score (nSPS) is 23.8. The molecule has 4 unspecified atom stereocenters. The Bertz CT molecular complexity index is 625. The number of aliphatic carboxylic acids is 1. The third-order valence-electron chi connectivity index (χ3n) is 5.23. The molecule has 0 radical (unpaired) electrons. The van der Waals surface area contributed by atoms with Gasteiger partial charge >= 0.3 is 5.97 Å². The molecule has 5 heteroatoms. The van der Waals surface area contributed by atoms with Gasteiger partial charge < -0.3 is 15.3 Å². The summed E-state index contributed by atoms with van der Waals surface area (Å²) in [7, 11) is 0. The van der Waals surface area contributed by atoms with E-state index in [1.54, 1.807) is 12.2 Å². The van der Waals surface area contributed by atoms with Crippen molar-refractivity contribution >= 4 is 11.8 Å². The smallest absolute Gasteiger partial charge is 0.303 e. The van der Waals surface area contributed by atoms with Crippen molar-refractivity contribution < 1.29 is 24.9 Å². The average molecular weight is 374 g/mol. The van der Waals surface area contributed by atoms with Crippen molar-refractivity contribution in [1.29, 1.82) is 0 Å². The number of hydrogen-bond acceptors (Lipinski definition) is 4. The molecule has 1 aromatic rings. The van der Waals surface area contributed by atoms with E-state index < -0.39 is 18.2 Å². The number of ketones is 1. The number of aliphatic hydroxyl groups is 2. The minimum Gasteiger partial charge on any atom is -0.481 e. The standard InChI is InChI=1S/C22H30O5/c23-17(14-16-8-4-3-5-9-16)12-13-19-18(20(24)15-21(19)25)10-6-1-2-7-11-22(26)27/h3-5,8-9,12-13,17-19,21,23,25H,1-2,6-7,10-11,14-15H2,(H,26,27). The molecule has 1 aliphatic rings. The number of benzene rings is 1. The van der Waals surface area contributed by atoms with Crippen LogP contribution in [-0.4, -0.2) is 39.3 Å². The summed E-state index contributed by atoms with van der Waals surface area (Å²) < 4.78 is 0. The molecule has 3 N–H and O–H groups in total. The van der Waals surface area contributed by atoms with Gasteiger partial charge in [0.05, 0.1) is 12.2 Å². The number of carboxylic acids is 1. The van der Waals surface area contributed by atoms with Crippen LogP contribution in [0.4, 0.5) is 0 Å². The van der Waals surface area contributed by atoms with Gasteiger partial charge in [-0.3, -0.25) is 9.59 Å². The van der Waals surface area contributed by atoms with Crippen LogP contribution < -0.4 is 0 Å². The zero-order chi connectivity index (χ0) is 19.6. The van der Waals surface area contributed by atoms with Crippen molar-refractivity contribution in [2.45, 2.75) is 63.6 Å². The van der Waals surface area contributed by atoms with Gasteiger partial charge in [0.2, 0.25) is 0 Å². The SMILES string of the molecule is O=C(O)CCCCCCC1C(=O)CC(O)C1C=CC(O)Cc1ccccc1. The maximum absolute atomic E-state index is 12.2. The topological polar surface area (TPSA) is 94.8 Å². The lowest BCUT2D eigenvalue weighted by molar-refractivity contribution is -0.137. The Kier molecular flexibility index (Phi) is 8.69. The third kappa shape index (κ3) is 7.27. The van der Waals surface area contributed by atoms with Gasteiger partial charge in [-0.25, -0.2) is 0 Å². The molecule has 5 nitrogen and oxygen atoms in total. The highest BCUT2D eigenvalue weighted by Gasteiger charge is 2.39. The predicted octanol–water partition coefficient (Wildman–Crippen LogP) is 3.14. The molecule has 1 saturated carbocycles. The molecule has 0 aliphatic heterocycles. The fourth-order valence-electron chi connectivity index (χ4n) is 3.77. The number of carbonyl (C=O) groups excluding carboxylic acids is 1. The van der Waals surface area contributed by atoms with Crippen molar-refractivity contribution in [3.8, 4) is 0 Å². The van der Waals surface area contributed by atoms with Crippen LogP contribution in [0.3, 0.4) is 0 Å². The Balaban J connectivity index is 1.81. The van der Waals surface area contributed by atoms with Crippen LogP contribution in [0.5, 0.6) is 0 Å². The van der Waals surface area contributed by atoms with Gasteiger partial charge in [-0.1, -0.05) is 61.7 Å². The minimum atomic E-state index is -0.775. The molecule has 1 aliphatic carbocycles. The number of Topliss-reactive ketones (excluding diaryl/α,β-unsaturated/α-hetero) is 1. The molecule has 2 rings (SSSR count). The molecule has 27 heavy (non-hydrogen) atoms. The number of hydrogen-bond donors (Lipinski definition) is 3. The molecular formula is C22H30O5. The number of carbonyl (C=O) groups is 2. The molecule has 1 aromatic carbocycles. The van der Waals surface area contributed by atoms with Gasteiger partial charge in [0.1, 0.15) is 5.78 Å². The first-order chi connectivity index (χ1) is 13.0. The van der Waals surface area contributed by atoms with Crippen molar-refractivity contribution in [2.75, 3.05) is 0 Å². The summed E-state index contributed by atoms with van der Waals surface area (Å²) in [6.07, 6.45) is 6.96. The van der Waals surface area contributed by atoms with Crippen molar-refractivity contribution in [2.24, 2.45) is 11.8 Å². The Morgan fingerprint density at radius 1 is 1.15 bits per heavy atom. The molecular weight excluding hydrogens is 344 g/mol. The van der Waals surface area contributed by atoms with Crippen LogP contribution in [-0.2, 0) is 16.0 Å². The van der Waals surface area contributed by atoms with E-state index in [4.69, 9.17) is 5.11 Å². The van der Waals surface area contributed by atoms with E-state index in [0.717, 1.165) is 24.8 Å². The second kappa shape index (κ2) is 11.0. The van der Waals surface area contributed by atoms with Crippen molar-refractivity contribution in [3.63, 3.8) is 0 Å². The van der Waals surface area contributed by atoms with Crippen molar-refractivity contribution in [1.82, 2.24) is 0 Å². The Labute approximate surface area is 160 Å². The lowest BCUT2D eigenvalue weighted by atomic mass is 9.88. The maximum atomic E-state index is 12.2. The van der Waals surface area contributed by atoms with Crippen LogP contribution >= 0.6 is 0 Å². The molecule has 0 heterocycles. The second-order valence-corrected chi connectivity index (χ2v) is 7.41. The van der Waals surface area contributed by atoms with Gasteiger partial charge in [-0.2, -0.15) is 0 Å². The van der Waals surface area contributed by atoms with Gasteiger partial charge in [-0.05, 0) is 18.4 Å². The highest BCUT2D eigenvalue weighted by Crippen LogP contribution is 2.34. The minimum absolute atomic E-state index is 0.0836. The monoisotopic (exact) mass is 374 g/mol. The van der Waals surface area contributed by atoms with Gasteiger partial charge in [0.15, 0.2) is 0 Å². The fourth-order valence-corrected chi connectivity index (χ4v) is 3.77. The summed E-state index contributed by atoms with van der Waals surface area (Å²) in [5, 5.41) is 29.1. The lowest BCUT2D eigenvalue weighted by Crippen LogP contribution is -2.19. The van der Waals surface area contributed by atoms with Crippen LogP contribution in [0.1, 0.15) is 50.5 Å². The van der Waals surface area contributed by atoms with E-state index in [1.807, 2.05) is 30.3 Å². The first kappa shape index (κ1) is 21.3. The molecule has 4 atom stereocenters. The third-order valence-corrected chi connectivity index (χ3v) is 5.23. The Morgan fingerprint density at radius 2 is 1.85 bits per heavy atom. The summed E-state index contributed by atoms with van der Waals surface area (Å²) in [4.78, 5) is 22.7. The Hall–Kier alpha value is -1.98. The zero-order valence-corrected chi connectivity index (χ0v) is 15.7. The number of carboxylic acid groups (broad SMARTS) is 1. The summed E-state index contributed by atoms with van der Waals surface area (Å²) in [6.45, 7) is 0. The van der Waals surface area contributed by atoms with Crippen LogP contribution in [0, 0.1) is 11.8 Å². The molecule has 0 aromatic heterocycles.